The normalized spacial score (nSPS) is 9.94. The van der Waals surface area contributed by atoms with Crippen LogP contribution in [0.25, 0.3) is 0 Å². The Morgan fingerprint density at radius 1 is 1.39 bits per heavy atom. The van der Waals surface area contributed by atoms with Crippen LogP contribution in [-0.2, 0) is 4.79 Å². The Hall–Kier alpha value is -1.63. The van der Waals surface area contributed by atoms with Crippen LogP contribution in [0.1, 0.15) is 23.1 Å². The van der Waals surface area contributed by atoms with Gasteiger partial charge in [0.1, 0.15) is 5.69 Å². The molecule has 18 heavy (non-hydrogen) atoms. The number of rotatable bonds is 5. The summed E-state index contributed by atoms with van der Waals surface area (Å²) in [4.78, 5) is 31.1. The number of hydrogen-bond acceptors (Lipinski definition) is 5. The molecule has 1 rings (SSSR count). The molecular formula is C11H16N4O2S. The number of amides is 2. The maximum atomic E-state index is 11.8. The summed E-state index contributed by atoms with van der Waals surface area (Å²) < 4.78 is 0. The van der Waals surface area contributed by atoms with Crippen LogP contribution >= 0.6 is 11.8 Å². The maximum absolute atomic E-state index is 11.8. The zero-order valence-electron chi connectivity index (χ0n) is 10.6. The number of nitrogens with zero attached hydrogens (tertiary/aromatic N) is 2. The van der Waals surface area contributed by atoms with Crippen molar-refractivity contribution in [2.75, 3.05) is 19.3 Å². The largest absolute Gasteiger partial charge is 0.358 e. The van der Waals surface area contributed by atoms with Crippen LogP contribution in [0.3, 0.4) is 0 Å². The minimum absolute atomic E-state index is 0.0609. The van der Waals surface area contributed by atoms with Gasteiger partial charge < -0.3 is 10.6 Å². The van der Waals surface area contributed by atoms with E-state index < -0.39 is 0 Å². The molecule has 7 heteroatoms. The number of carbonyl (C=O) groups is 2. The molecule has 0 aliphatic rings. The SMILES string of the molecule is CCSc1nc(C)cc(C(=O)NCC(=O)NC)n1. The average Bonchev–Trinajstić information content (AvgIpc) is 2.35. The summed E-state index contributed by atoms with van der Waals surface area (Å²) >= 11 is 1.47. The Kier molecular flexibility index (Phi) is 5.57. The predicted molar refractivity (Wildman–Crippen MR) is 69.6 cm³/mol. The van der Waals surface area contributed by atoms with E-state index in [4.69, 9.17) is 0 Å². The van der Waals surface area contributed by atoms with Gasteiger partial charge in [-0.2, -0.15) is 0 Å². The highest BCUT2D eigenvalue weighted by Gasteiger charge is 2.11. The third kappa shape index (κ3) is 4.33. The number of aromatic nitrogens is 2. The van der Waals surface area contributed by atoms with E-state index in [1.807, 2.05) is 6.92 Å². The van der Waals surface area contributed by atoms with Crippen molar-refractivity contribution in [1.82, 2.24) is 20.6 Å². The van der Waals surface area contributed by atoms with Crippen LogP contribution in [0.4, 0.5) is 0 Å². The van der Waals surface area contributed by atoms with Gasteiger partial charge in [0, 0.05) is 12.7 Å². The Morgan fingerprint density at radius 2 is 2.11 bits per heavy atom. The molecule has 0 fully saturated rings. The lowest BCUT2D eigenvalue weighted by molar-refractivity contribution is -0.119. The first kappa shape index (κ1) is 14.4. The fourth-order valence-electron chi connectivity index (χ4n) is 1.19. The van der Waals surface area contributed by atoms with Gasteiger partial charge in [0.05, 0.1) is 6.54 Å². The van der Waals surface area contributed by atoms with Crippen molar-refractivity contribution in [2.45, 2.75) is 19.0 Å². The lowest BCUT2D eigenvalue weighted by atomic mass is 10.3. The molecule has 0 atom stereocenters. The average molecular weight is 268 g/mol. The lowest BCUT2D eigenvalue weighted by Crippen LogP contribution is -2.35. The second-order valence-electron chi connectivity index (χ2n) is 3.47. The number of thioether (sulfide) groups is 1. The van der Waals surface area contributed by atoms with E-state index in [-0.39, 0.29) is 24.1 Å². The number of aryl methyl sites for hydroxylation is 1. The van der Waals surface area contributed by atoms with Gasteiger partial charge in [-0.25, -0.2) is 9.97 Å². The Morgan fingerprint density at radius 3 is 2.72 bits per heavy atom. The molecule has 0 aromatic carbocycles. The smallest absolute Gasteiger partial charge is 0.270 e. The fraction of sp³-hybridized carbons (Fsp3) is 0.455. The van der Waals surface area contributed by atoms with Gasteiger partial charge in [0.15, 0.2) is 5.16 Å². The summed E-state index contributed by atoms with van der Waals surface area (Å²) in [5.41, 5.74) is 1.01. The highest BCUT2D eigenvalue weighted by atomic mass is 32.2. The van der Waals surface area contributed by atoms with E-state index >= 15 is 0 Å². The maximum Gasteiger partial charge on any atom is 0.270 e. The van der Waals surface area contributed by atoms with Gasteiger partial charge in [-0.1, -0.05) is 18.7 Å². The van der Waals surface area contributed by atoms with Crippen molar-refractivity contribution in [3.8, 4) is 0 Å². The zero-order chi connectivity index (χ0) is 13.5. The Bertz CT molecular complexity index is 451. The lowest BCUT2D eigenvalue weighted by Gasteiger charge is -2.06. The standard InChI is InChI=1S/C11H16N4O2S/c1-4-18-11-14-7(2)5-8(15-11)10(17)13-6-9(16)12-3/h5H,4,6H2,1-3H3,(H,12,16)(H,13,17). The van der Waals surface area contributed by atoms with Crippen molar-refractivity contribution in [3.63, 3.8) is 0 Å². The Labute approximate surface area is 110 Å². The van der Waals surface area contributed by atoms with Crippen LogP contribution in [0.2, 0.25) is 0 Å². The van der Waals surface area contributed by atoms with E-state index in [0.29, 0.717) is 5.16 Å². The molecule has 2 N–H and O–H groups in total. The molecular weight excluding hydrogens is 252 g/mol. The molecule has 0 aliphatic carbocycles. The van der Waals surface area contributed by atoms with Crippen molar-refractivity contribution in [2.24, 2.45) is 0 Å². The molecule has 0 saturated carbocycles. The monoisotopic (exact) mass is 268 g/mol. The van der Waals surface area contributed by atoms with Gasteiger partial charge in [0.25, 0.3) is 5.91 Å². The molecule has 0 saturated heterocycles. The van der Waals surface area contributed by atoms with Crippen molar-refractivity contribution in [3.05, 3.63) is 17.5 Å². The summed E-state index contributed by atoms with van der Waals surface area (Å²) in [6, 6.07) is 1.60. The highest BCUT2D eigenvalue weighted by Crippen LogP contribution is 2.13. The molecule has 1 aromatic heterocycles. The number of likely N-dealkylation sites (N-methyl/N-ethyl adjacent to an activating group) is 1. The number of nitrogens with one attached hydrogen (secondary N) is 2. The molecule has 1 aromatic rings. The van der Waals surface area contributed by atoms with E-state index in [9.17, 15) is 9.59 Å². The molecule has 1 heterocycles. The van der Waals surface area contributed by atoms with E-state index in [1.54, 1.807) is 13.0 Å². The summed E-state index contributed by atoms with van der Waals surface area (Å²) in [5, 5.41) is 5.49. The van der Waals surface area contributed by atoms with Crippen molar-refractivity contribution < 1.29 is 9.59 Å². The minimum atomic E-state index is -0.373. The van der Waals surface area contributed by atoms with Gasteiger partial charge in [-0.15, -0.1) is 0 Å². The van der Waals surface area contributed by atoms with Gasteiger partial charge in [-0.05, 0) is 18.7 Å². The van der Waals surface area contributed by atoms with E-state index in [2.05, 4.69) is 20.6 Å². The van der Waals surface area contributed by atoms with Crippen molar-refractivity contribution in [1.29, 1.82) is 0 Å². The predicted octanol–water partition coefficient (Wildman–Crippen LogP) is 0.373. The molecule has 0 aliphatic heterocycles. The van der Waals surface area contributed by atoms with Crippen LogP contribution in [0, 0.1) is 6.92 Å². The molecule has 2 amide bonds. The van der Waals surface area contributed by atoms with Crippen LogP contribution in [-0.4, -0.2) is 41.1 Å². The molecule has 0 radical (unpaired) electrons. The molecule has 6 nitrogen and oxygen atoms in total. The fourth-order valence-corrected chi connectivity index (χ4v) is 1.82. The van der Waals surface area contributed by atoms with Crippen LogP contribution in [0.5, 0.6) is 0 Å². The second kappa shape index (κ2) is 6.95. The molecule has 0 bridgehead atoms. The first-order valence-electron chi connectivity index (χ1n) is 5.54. The zero-order valence-corrected chi connectivity index (χ0v) is 11.4. The topological polar surface area (TPSA) is 84.0 Å². The second-order valence-corrected chi connectivity index (χ2v) is 4.70. The van der Waals surface area contributed by atoms with Crippen LogP contribution < -0.4 is 10.6 Å². The van der Waals surface area contributed by atoms with Crippen LogP contribution in [0.15, 0.2) is 11.2 Å². The molecule has 98 valence electrons. The van der Waals surface area contributed by atoms with Crippen molar-refractivity contribution >= 4 is 23.6 Å². The Balaban J connectivity index is 2.75. The molecule has 0 spiro atoms. The summed E-state index contributed by atoms with van der Waals surface area (Å²) in [7, 11) is 1.51. The number of hydrogen-bond donors (Lipinski definition) is 2. The summed E-state index contributed by atoms with van der Waals surface area (Å²) in [6.45, 7) is 3.73. The first-order valence-corrected chi connectivity index (χ1v) is 6.52. The highest BCUT2D eigenvalue weighted by molar-refractivity contribution is 7.99. The third-order valence-corrected chi connectivity index (χ3v) is 2.76. The van der Waals surface area contributed by atoms with Gasteiger partial charge in [0.2, 0.25) is 5.91 Å². The summed E-state index contributed by atoms with van der Waals surface area (Å²) in [5.74, 6) is 0.210. The quantitative estimate of drug-likeness (QED) is 0.595. The van der Waals surface area contributed by atoms with E-state index in [0.717, 1.165) is 11.4 Å². The number of carbonyl (C=O) groups excluding carboxylic acids is 2. The summed E-state index contributed by atoms with van der Waals surface area (Å²) in [6.07, 6.45) is 0. The third-order valence-electron chi connectivity index (χ3n) is 2.03. The van der Waals surface area contributed by atoms with Gasteiger partial charge >= 0.3 is 0 Å². The minimum Gasteiger partial charge on any atom is -0.358 e. The van der Waals surface area contributed by atoms with E-state index in [1.165, 1.54) is 18.8 Å². The first-order chi connectivity index (χ1) is 8.56. The van der Waals surface area contributed by atoms with Gasteiger partial charge in [-0.3, -0.25) is 9.59 Å². The molecule has 0 unspecified atom stereocenters.